The van der Waals surface area contributed by atoms with Crippen molar-refractivity contribution < 1.29 is 0 Å². The Morgan fingerprint density at radius 1 is 0.522 bits per heavy atom. The second kappa shape index (κ2) is 7.78. The topological polar surface area (TPSA) is 0 Å². The van der Waals surface area contributed by atoms with Gasteiger partial charge in [0.05, 0.1) is 0 Å². The summed E-state index contributed by atoms with van der Waals surface area (Å²) in [4.78, 5) is 0. The van der Waals surface area contributed by atoms with Crippen LogP contribution in [0.4, 0.5) is 0 Å². The van der Waals surface area contributed by atoms with Gasteiger partial charge in [-0.3, -0.25) is 0 Å². The molecule has 0 aliphatic carbocycles. The van der Waals surface area contributed by atoms with Gasteiger partial charge in [0.25, 0.3) is 0 Å². The maximum Gasteiger partial charge on any atom is -0.0184 e. The van der Waals surface area contributed by atoms with Crippen molar-refractivity contribution in [3.63, 3.8) is 0 Å². The van der Waals surface area contributed by atoms with Gasteiger partial charge in [0.2, 0.25) is 0 Å². The van der Waals surface area contributed by atoms with Gasteiger partial charge in [0.1, 0.15) is 0 Å². The highest BCUT2D eigenvalue weighted by molar-refractivity contribution is 5.70. The zero-order valence-corrected chi connectivity index (χ0v) is 13.8. The van der Waals surface area contributed by atoms with Crippen LogP contribution in [0.3, 0.4) is 0 Å². The van der Waals surface area contributed by atoms with Gasteiger partial charge in [0.15, 0.2) is 0 Å². The Balaban J connectivity index is 1.72. The summed E-state index contributed by atoms with van der Waals surface area (Å²) < 4.78 is 0. The monoisotopic (exact) mass is 300 g/mol. The van der Waals surface area contributed by atoms with Crippen molar-refractivity contribution in [3.05, 3.63) is 84.4 Å². The zero-order chi connectivity index (χ0) is 15.9. The van der Waals surface area contributed by atoms with E-state index < -0.39 is 0 Å². The van der Waals surface area contributed by atoms with Crippen molar-refractivity contribution >= 4 is 0 Å². The van der Waals surface area contributed by atoms with Crippen molar-refractivity contribution in [3.8, 4) is 22.3 Å². The maximum atomic E-state index is 2.27. The second-order valence-corrected chi connectivity index (χ2v) is 6.10. The van der Waals surface area contributed by atoms with Gasteiger partial charge in [-0.25, -0.2) is 0 Å². The lowest BCUT2D eigenvalue weighted by atomic mass is 9.98. The van der Waals surface area contributed by atoms with Crippen molar-refractivity contribution in [2.45, 2.75) is 32.6 Å². The molecule has 0 aliphatic heterocycles. The first-order valence-corrected chi connectivity index (χ1v) is 8.61. The summed E-state index contributed by atoms with van der Waals surface area (Å²) in [7, 11) is 0. The average Bonchev–Trinajstić information content (AvgIpc) is 2.63. The van der Waals surface area contributed by atoms with Crippen LogP contribution in [-0.4, -0.2) is 0 Å². The lowest BCUT2D eigenvalue weighted by molar-refractivity contribution is 0.717. The fraction of sp³-hybridized carbons (Fsp3) is 0.217. The predicted molar refractivity (Wildman–Crippen MR) is 101 cm³/mol. The first-order chi connectivity index (χ1) is 11.4. The Morgan fingerprint density at radius 3 is 1.52 bits per heavy atom. The summed E-state index contributed by atoms with van der Waals surface area (Å²) in [5, 5.41) is 0. The Kier molecular flexibility index (Phi) is 5.26. The van der Waals surface area contributed by atoms with E-state index in [-0.39, 0.29) is 0 Å². The molecule has 3 rings (SSSR count). The second-order valence-electron chi connectivity index (χ2n) is 6.10. The van der Waals surface area contributed by atoms with Crippen LogP contribution >= 0.6 is 0 Å². The lowest BCUT2D eigenvalue weighted by Crippen LogP contribution is -1.86. The van der Waals surface area contributed by atoms with Crippen LogP contribution in [0.25, 0.3) is 22.3 Å². The first kappa shape index (κ1) is 15.6. The van der Waals surface area contributed by atoms with E-state index in [1.54, 1.807) is 0 Å². The summed E-state index contributed by atoms with van der Waals surface area (Å²) in [6, 6.07) is 28.4. The zero-order valence-electron chi connectivity index (χ0n) is 13.8. The van der Waals surface area contributed by atoms with E-state index in [2.05, 4.69) is 85.8 Å². The van der Waals surface area contributed by atoms with Gasteiger partial charge in [0, 0.05) is 0 Å². The number of hydrogen-bond donors (Lipinski definition) is 0. The summed E-state index contributed by atoms with van der Waals surface area (Å²) >= 11 is 0. The molecule has 0 atom stereocenters. The van der Waals surface area contributed by atoms with Crippen molar-refractivity contribution in [2.75, 3.05) is 0 Å². The molecule has 0 saturated heterocycles. The standard InChI is InChI=1S/C23H24/c1-2-3-5-8-19-11-13-21(14-12-19)23-17-15-22(16-18-23)20-9-6-4-7-10-20/h4,6-7,9-18H,2-3,5,8H2,1H3. The fourth-order valence-corrected chi connectivity index (χ4v) is 2.93. The third-order valence-corrected chi connectivity index (χ3v) is 4.35. The molecule has 0 spiro atoms. The molecule has 0 unspecified atom stereocenters. The van der Waals surface area contributed by atoms with Crippen molar-refractivity contribution in [1.82, 2.24) is 0 Å². The molecule has 0 nitrogen and oxygen atoms in total. The molecule has 0 aromatic heterocycles. The minimum Gasteiger partial charge on any atom is -0.0654 e. The number of aryl methyl sites for hydroxylation is 1. The van der Waals surface area contributed by atoms with Crippen LogP contribution < -0.4 is 0 Å². The van der Waals surface area contributed by atoms with Crippen molar-refractivity contribution in [1.29, 1.82) is 0 Å². The van der Waals surface area contributed by atoms with Crippen LogP contribution in [0.1, 0.15) is 31.7 Å². The largest absolute Gasteiger partial charge is 0.0654 e. The molecule has 3 aromatic rings. The number of unbranched alkanes of at least 4 members (excludes halogenated alkanes) is 2. The van der Waals surface area contributed by atoms with Crippen LogP contribution in [0.5, 0.6) is 0 Å². The summed E-state index contributed by atoms with van der Waals surface area (Å²) in [6.45, 7) is 2.25. The Labute approximate surface area is 139 Å². The SMILES string of the molecule is CCCCCc1ccc(-c2ccc(-c3ccccc3)cc2)cc1. The molecule has 0 aliphatic rings. The molecule has 3 aromatic carbocycles. The highest BCUT2D eigenvalue weighted by atomic mass is 14.1. The third kappa shape index (κ3) is 4.10. The Bertz CT molecular complexity index is 706. The molecule has 0 heterocycles. The highest BCUT2D eigenvalue weighted by Gasteiger charge is 2.01. The van der Waals surface area contributed by atoms with E-state index in [1.165, 1.54) is 53.5 Å². The molecule has 0 heteroatoms. The van der Waals surface area contributed by atoms with Gasteiger partial charge in [-0.05, 0) is 40.7 Å². The van der Waals surface area contributed by atoms with E-state index in [9.17, 15) is 0 Å². The number of benzene rings is 3. The first-order valence-electron chi connectivity index (χ1n) is 8.61. The minimum atomic E-state index is 1.20. The van der Waals surface area contributed by atoms with E-state index in [4.69, 9.17) is 0 Å². The maximum absolute atomic E-state index is 2.27. The average molecular weight is 300 g/mol. The molecule has 0 N–H and O–H groups in total. The van der Waals surface area contributed by atoms with Gasteiger partial charge in [-0.2, -0.15) is 0 Å². The molecule has 0 bridgehead atoms. The molecule has 0 saturated carbocycles. The summed E-state index contributed by atoms with van der Waals surface area (Å²) in [5.41, 5.74) is 6.56. The molecule has 0 fully saturated rings. The highest BCUT2D eigenvalue weighted by Crippen LogP contribution is 2.25. The normalized spacial score (nSPS) is 10.7. The van der Waals surface area contributed by atoms with Gasteiger partial charge < -0.3 is 0 Å². The van der Waals surface area contributed by atoms with Gasteiger partial charge >= 0.3 is 0 Å². The summed E-state index contributed by atoms with van der Waals surface area (Å²) in [6.07, 6.45) is 5.09. The van der Waals surface area contributed by atoms with E-state index in [1.807, 2.05) is 0 Å². The molecule has 116 valence electrons. The number of hydrogen-bond acceptors (Lipinski definition) is 0. The summed E-state index contributed by atoms with van der Waals surface area (Å²) in [5.74, 6) is 0. The van der Waals surface area contributed by atoms with E-state index >= 15 is 0 Å². The number of rotatable bonds is 6. The molecular weight excluding hydrogens is 276 g/mol. The van der Waals surface area contributed by atoms with Crippen LogP contribution in [0, 0.1) is 0 Å². The molecular formula is C23H24. The van der Waals surface area contributed by atoms with Gasteiger partial charge in [-0.15, -0.1) is 0 Å². The predicted octanol–water partition coefficient (Wildman–Crippen LogP) is 6.75. The van der Waals surface area contributed by atoms with Gasteiger partial charge in [-0.1, -0.05) is 98.6 Å². The minimum absolute atomic E-state index is 1.20. The fourth-order valence-electron chi connectivity index (χ4n) is 2.93. The quantitative estimate of drug-likeness (QED) is 0.441. The Morgan fingerprint density at radius 2 is 1.00 bits per heavy atom. The smallest absolute Gasteiger partial charge is 0.0184 e. The van der Waals surface area contributed by atoms with E-state index in [0.717, 1.165) is 0 Å². The van der Waals surface area contributed by atoms with Crippen LogP contribution in [-0.2, 0) is 6.42 Å². The molecule has 0 amide bonds. The van der Waals surface area contributed by atoms with E-state index in [0.29, 0.717) is 0 Å². The third-order valence-electron chi connectivity index (χ3n) is 4.35. The van der Waals surface area contributed by atoms with Crippen LogP contribution in [0.15, 0.2) is 78.9 Å². The van der Waals surface area contributed by atoms with Crippen LogP contribution in [0.2, 0.25) is 0 Å². The lowest BCUT2D eigenvalue weighted by Gasteiger charge is -2.06. The Hall–Kier alpha value is -2.34. The van der Waals surface area contributed by atoms with Crippen molar-refractivity contribution in [2.24, 2.45) is 0 Å². The molecule has 0 radical (unpaired) electrons. The molecule has 23 heavy (non-hydrogen) atoms.